The van der Waals surface area contributed by atoms with Gasteiger partial charge >= 0.3 is 0 Å². The number of aromatic nitrogens is 2. The summed E-state index contributed by atoms with van der Waals surface area (Å²) in [5, 5.41) is 6.97. The molecule has 1 saturated carbocycles. The van der Waals surface area contributed by atoms with Crippen LogP contribution < -0.4 is 4.57 Å². The lowest BCUT2D eigenvalue weighted by Gasteiger charge is -2.16. The first-order chi connectivity index (χ1) is 16.9. The van der Waals surface area contributed by atoms with Gasteiger partial charge in [0.15, 0.2) is 6.20 Å². The molecule has 1 aliphatic rings. The molecule has 0 spiro atoms. The standard InChI is InChI=1S/C33H35N2/c1-19(2)24-10-11-28-26(18-24)27-14-20(3)21(4)30-32(27)35(28)29-17-23(15-22-8-6-7-9-22)16-25-12-13-34(5)33(30)31(25)29/h10-14,16-19,22H,6-9,15H2,1-5H3/q+1. The molecule has 7 rings (SSSR count). The second-order valence-corrected chi connectivity index (χ2v) is 11.6. The Balaban J connectivity index is 1.72. The van der Waals surface area contributed by atoms with Crippen molar-refractivity contribution >= 4 is 49.0 Å². The Labute approximate surface area is 207 Å². The highest BCUT2D eigenvalue weighted by molar-refractivity contribution is 6.26. The van der Waals surface area contributed by atoms with Gasteiger partial charge in [0.1, 0.15) is 7.05 Å². The van der Waals surface area contributed by atoms with E-state index in [0.717, 1.165) is 5.92 Å². The van der Waals surface area contributed by atoms with E-state index in [0.29, 0.717) is 5.92 Å². The normalized spacial score (nSPS) is 15.4. The van der Waals surface area contributed by atoms with E-state index in [1.165, 1.54) is 103 Å². The molecule has 2 nitrogen and oxygen atoms in total. The van der Waals surface area contributed by atoms with Crippen LogP contribution in [-0.4, -0.2) is 4.40 Å². The van der Waals surface area contributed by atoms with Gasteiger partial charge in [-0.15, -0.1) is 0 Å². The van der Waals surface area contributed by atoms with E-state index in [1.807, 2.05) is 0 Å². The molecule has 1 aliphatic carbocycles. The summed E-state index contributed by atoms with van der Waals surface area (Å²) in [6, 6.07) is 16.9. The maximum absolute atomic E-state index is 2.60. The Morgan fingerprint density at radius 2 is 1.71 bits per heavy atom. The van der Waals surface area contributed by atoms with Crippen LogP contribution in [0.4, 0.5) is 0 Å². The summed E-state index contributed by atoms with van der Waals surface area (Å²) in [6.45, 7) is 9.18. The fourth-order valence-corrected chi connectivity index (χ4v) is 7.01. The monoisotopic (exact) mass is 459 g/mol. The summed E-state index contributed by atoms with van der Waals surface area (Å²) in [7, 11) is 2.22. The summed E-state index contributed by atoms with van der Waals surface area (Å²) in [6.07, 6.45) is 9.05. The van der Waals surface area contributed by atoms with Crippen LogP contribution >= 0.6 is 0 Å². The van der Waals surface area contributed by atoms with Gasteiger partial charge in [-0.1, -0.05) is 51.7 Å². The van der Waals surface area contributed by atoms with Crippen molar-refractivity contribution < 1.29 is 4.57 Å². The molecule has 3 heterocycles. The Bertz CT molecular complexity index is 1780. The second-order valence-electron chi connectivity index (χ2n) is 11.6. The molecule has 1 fully saturated rings. The topological polar surface area (TPSA) is 8.29 Å². The molecule has 35 heavy (non-hydrogen) atoms. The molecule has 176 valence electrons. The number of aryl methyl sites for hydroxylation is 3. The minimum Gasteiger partial charge on any atom is -0.307 e. The molecule has 3 aromatic heterocycles. The Morgan fingerprint density at radius 3 is 2.49 bits per heavy atom. The predicted octanol–water partition coefficient (Wildman–Crippen LogP) is 8.29. The Hall–Kier alpha value is -3.13. The van der Waals surface area contributed by atoms with Crippen LogP contribution in [-0.2, 0) is 13.5 Å². The number of nitrogens with zero attached hydrogens (tertiary/aromatic N) is 2. The molecule has 0 saturated heterocycles. The lowest BCUT2D eigenvalue weighted by Crippen LogP contribution is -2.29. The van der Waals surface area contributed by atoms with E-state index in [4.69, 9.17) is 0 Å². The SMILES string of the molecule is Cc1cc2c3cc(C(C)C)ccc3n3c4cc(CC5CCCC5)cc5cc[n+](C)c(c(c1C)c23)c54. The van der Waals surface area contributed by atoms with Gasteiger partial charge in [0.2, 0.25) is 5.52 Å². The lowest BCUT2D eigenvalue weighted by atomic mass is 9.93. The second kappa shape index (κ2) is 7.43. The van der Waals surface area contributed by atoms with Crippen molar-refractivity contribution in [2.45, 2.75) is 65.7 Å². The third-order valence-corrected chi connectivity index (χ3v) is 9.01. The zero-order chi connectivity index (χ0) is 24.0. The van der Waals surface area contributed by atoms with Gasteiger partial charge in [-0.2, -0.15) is 0 Å². The van der Waals surface area contributed by atoms with Crippen LogP contribution in [0.2, 0.25) is 0 Å². The Morgan fingerprint density at radius 1 is 0.914 bits per heavy atom. The highest BCUT2D eigenvalue weighted by Crippen LogP contribution is 2.43. The average Bonchev–Trinajstić information content (AvgIpc) is 3.46. The van der Waals surface area contributed by atoms with Crippen LogP contribution in [0.15, 0.2) is 48.7 Å². The summed E-state index contributed by atoms with van der Waals surface area (Å²) in [5.74, 6) is 1.36. The summed E-state index contributed by atoms with van der Waals surface area (Å²) >= 11 is 0. The number of benzene rings is 3. The van der Waals surface area contributed by atoms with Gasteiger partial charge in [-0.3, -0.25) is 0 Å². The van der Waals surface area contributed by atoms with E-state index in [2.05, 4.69) is 92.4 Å². The fourth-order valence-electron chi connectivity index (χ4n) is 7.01. The third-order valence-electron chi connectivity index (χ3n) is 9.01. The van der Waals surface area contributed by atoms with Crippen LogP contribution in [0.1, 0.15) is 67.7 Å². The lowest BCUT2D eigenvalue weighted by molar-refractivity contribution is -0.643. The number of fused-ring (bicyclic) bond motifs is 5. The zero-order valence-corrected chi connectivity index (χ0v) is 21.7. The number of rotatable bonds is 3. The highest BCUT2D eigenvalue weighted by atomic mass is 15.0. The molecular weight excluding hydrogens is 424 g/mol. The van der Waals surface area contributed by atoms with Crippen LogP contribution in [0.3, 0.4) is 0 Å². The van der Waals surface area contributed by atoms with E-state index >= 15 is 0 Å². The molecule has 3 aromatic carbocycles. The van der Waals surface area contributed by atoms with E-state index in [1.54, 1.807) is 0 Å². The van der Waals surface area contributed by atoms with Crippen molar-refractivity contribution in [1.29, 1.82) is 0 Å². The van der Waals surface area contributed by atoms with Gasteiger partial charge in [-0.05, 0) is 84.0 Å². The van der Waals surface area contributed by atoms with Gasteiger partial charge in [0.25, 0.3) is 0 Å². The molecule has 0 amide bonds. The number of hydrogen-bond donors (Lipinski definition) is 0. The van der Waals surface area contributed by atoms with E-state index in [-0.39, 0.29) is 0 Å². The summed E-state index contributed by atoms with van der Waals surface area (Å²) < 4.78 is 4.95. The van der Waals surface area contributed by atoms with Crippen molar-refractivity contribution in [3.8, 4) is 0 Å². The Kier molecular flexibility index (Phi) is 4.50. The predicted molar refractivity (Wildman–Crippen MR) is 149 cm³/mol. The first-order valence-electron chi connectivity index (χ1n) is 13.5. The van der Waals surface area contributed by atoms with Gasteiger partial charge in [0.05, 0.1) is 27.3 Å². The minimum absolute atomic E-state index is 0.519. The smallest absolute Gasteiger partial charge is 0.224 e. The third kappa shape index (κ3) is 2.92. The number of hydrogen-bond acceptors (Lipinski definition) is 0. The maximum atomic E-state index is 2.60. The fraction of sp³-hybridized carbons (Fsp3) is 0.364. The van der Waals surface area contributed by atoms with Crippen LogP contribution in [0, 0.1) is 19.8 Å². The largest absolute Gasteiger partial charge is 0.307 e. The number of pyridine rings is 2. The average molecular weight is 460 g/mol. The molecule has 0 atom stereocenters. The molecule has 0 aliphatic heterocycles. The van der Waals surface area contributed by atoms with Crippen molar-refractivity contribution in [3.05, 3.63) is 70.9 Å². The quantitative estimate of drug-likeness (QED) is 0.143. The van der Waals surface area contributed by atoms with E-state index < -0.39 is 0 Å². The van der Waals surface area contributed by atoms with Gasteiger partial charge < -0.3 is 4.40 Å². The van der Waals surface area contributed by atoms with Crippen molar-refractivity contribution in [2.24, 2.45) is 13.0 Å². The first kappa shape index (κ1) is 21.2. The molecule has 0 bridgehead atoms. The highest BCUT2D eigenvalue weighted by Gasteiger charge is 2.26. The zero-order valence-electron chi connectivity index (χ0n) is 21.7. The van der Waals surface area contributed by atoms with E-state index in [9.17, 15) is 0 Å². The summed E-state index contributed by atoms with van der Waals surface area (Å²) in [4.78, 5) is 0. The first-order valence-corrected chi connectivity index (χ1v) is 13.5. The maximum Gasteiger partial charge on any atom is 0.224 e. The van der Waals surface area contributed by atoms with Gasteiger partial charge in [0, 0.05) is 16.8 Å². The molecule has 0 radical (unpaired) electrons. The van der Waals surface area contributed by atoms with Crippen LogP contribution in [0.5, 0.6) is 0 Å². The molecule has 2 heteroatoms. The van der Waals surface area contributed by atoms with Crippen LogP contribution in [0.25, 0.3) is 49.0 Å². The van der Waals surface area contributed by atoms with Crippen molar-refractivity contribution in [1.82, 2.24) is 4.40 Å². The summed E-state index contributed by atoms with van der Waals surface area (Å²) in [5.41, 5.74) is 11.2. The minimum atomic E-state index is 0.519. The molecule has 0 N–H and O–H groups in total. The van der Waals surface area contributed by atoms with Crippen molar-refractivity contribution in [2.75, 3.05) is 0 Å². The molecular formula is C33H35N2+. The molecule has 0 unspecified atom stereocenters. The van der Waals surface area contributed by atoms with Crippen molar-refractivity contribution in [3.63, 3.8) is 0 Å². The molecule has 6 aromatic rings. The van der Waals surface area contributed by atoms with Gasteiger partial charge in [-0.25, -0.2) is 4.57 Å².